The Morgan fingerprint density at radius 1 is 1.41 bits per heavy atom. The number of amides is 3. The minimum atomic E-state index is -0.389. The van der Waals surface area contributed by atoms with Crippen molar-refractivity contribution >= 4 is 29.2 Å². The second-order valence-corrected chi connectivity index (χ2v) is 5.79. The van der Waals surface area contributed by atoms with Crippen LogP contribution in [-0.4, -0.2) is 41.5 Å². The largest absolute Gasteiger partial charge is 0.324 e. The molecule has 6 heteroatoms. The molecule has 2 rings (SSSR count). The van der Waals surface area contributed by atoms with Gasteiger partial charge in [-0.05, 0) is 36.3 Å². The topological polar surface area (TPSA) is 52.7 Å². The molecule has 1 N–H and O–H groups in total. The van der Waals surface area contributed by atoms with Crippen molar-refractivity contribution in [2.45, 2.75) is 25.9 Å². The Bertz CT molecular complexity index is 586. The smallest absolute Gasteiger partial charge is 0.320 e. The molecule has 1 atom stereocenters. The van der Waals surface area contributed by atoms with E-state index in [2.05, 4.69) is 11.9 Å². The second kappa shape index (κ2) is 6.83. The number of nitrogens with zero attached hydrogens (tertiary/aromatic N) is 2. The van der Waals surface area contributed by atoms with E-state index in [1.165, 1.54) is 4.90 Å². The summed E-state index contributed by atoms with van der Waals surface area (Å²) in [5, 5.41) is 3.39. The molecule has 0 saturated carbocycles. The number of likely N-dealkylation sites (N-methyl/N-ethyl adjacent to an activating group) is 1. The van der Waals surface area contributed by atoms with Gasteiger partial charge in [0.2, 0.25) is 5.91 Å². The van der Waals surface area contributed by atoms with Crippen molar-refractivity contribution in [2.75, 3.05) is 18.9 Å². The number of anilines is 1. The van der Waals surface area contributed by atoms with Crippen LogP contribution < -0.4 is 5.32 Å². The number of hydrogen-bond donors (Lipinski definition) is 1. The maximum atomic E-state index is 12.5. The second-order valence-electron chi connectivity index (χ2n) is 5.35. The highest BCUT2D eigenvalue weighted by molar-refractivity contribution is 6.30. The van der Waals surface area contributed by atoms with Crippen LogP contribution in [0, 0.1) is 0 Å². The van der Waals surface area contributed by atoms with Crippen LogP contribution in [0.5, 0.6) is 0 Å². The fourth-order valence-corrected chi connectivity index (χ4v) is 2.67. The maximum absolute atomic E-state index is 12.5. The first kappa shape index (κ1) is 16.4. The van der Waals surface area contributed by atoms with Crippen molar-refractivity contribution in [1.29, 1.82) is 0 Å². The van der Waals surface area contributed by atoms with Gasteiger partial charge in [0.05, 0.1) is 0 Å². The van der Waals surface area contributed by atoms with E-state index in [9.17, 15) is 9.59 Å². The summed E-state index contributed by atoms with van der Waals surface area (Å²) in [6.45, 7) is 6.13. The Hall–Kier alpha value is -2.01. The predicted octanol–water partition coefficient (Wildman–Crippen LogP) is 3.33. The van der Waals surface area contributed by atoms with Crippen LogP contribution in [0.1, 0.15) is 19.8 Å². The third-order valence-electron chi connectivity index (χ3n) is 3.65. The molecule has 1 fully saturated rings. The Morgan fingerprint density at radius 2 is 2.05 bits per heavy atom. The summed E-state index contributed by atoms with van der Waals surface area (Å²) < 4.78 is 0. The van der Waals surface area contributed by atoms with Gasteiger partial charge in [-0.15, -0.1) is 0 Å². The highest BCUT2D eigenvalue weighted by Gasteiger charge is 2.39. The molecule has 1 aromatic carbocycles. The molecule has 1 heterocycles. The van der Waals surface area contributed by atoms with Gasteiger partial charge in [-0.25, -0.2) is 4.79 Å². The first-order chi connectivity index (χ1) is 10.4. The van der Waals surface area contributed by atoms with Crippen LogP contribution in [0.4, 0.5) is 10.5 Å². The lowest BCUT2D eigenvalue weighted by Crippen LogP contribution is -2.44. The van der Waals surface area contributed by atoms with Gasteiger partial charge in [0.1, 0.15) is 12.7 Å². The lowest BCUT2D eigenvalue weighted by atomic mass is 10.1. The van der Waals surface area contributed by atoms with Crippen LogP contribution in [0.15, 0.2) is 36.4 Å². The summed E-state index contributed by atoms with van der Waals surface area (Å²) in [7, 11) is 1.70. The van der Waals surface area contributed by atoms with E-state index in [1.54, 1.807) is 36.2 Å². The molecule has 5 nitrogen and oxygen atoms in total. The molecule has 22 heavy (non-hydrogen) atoms. The van der Waals surface area contributed by atoms with Gasteiger partial charge >= 0.3 is 6.03 Å². The lowest BCUT2D eigenvalue weighted by Gasteiger charge is -2.29. The Labute approximate surface area is 135 Å². The fraction of sp³-hybridized carbons (Fsp3) is 0.375. The van der Waals surface area contributed by atoms with Crippen LogP contribution in [0.3, 0.4) is 0 Å². The third kappa shape index (κ3) is 3.42. The number of rotatable bonds is 4. The van der Waals surface area contributed by atoms with Crippen LogP contribution >= 0.6 is 11.6 Å². The molecule has 1 saturated heterocycles. The molecule has 0 aliphatic carbocycles. The van der Waals surface area contributed by atoms with Crippen molar-refractivity contribution < 1.29 is 9.59 Å². The standard InChI is InChI=1S/C16H20ClN3O2/c1-4-5-11(2)15-19(3)14(21)10-20(15)16(22)18-13-8-6-12(17)7-9-13/h6-9,15H,2,4-5,10H2,1,3H3,(H,18,22)/t15-/m1/s1. The summed E-state index contributed by atoms with van der Waals surface area (Å²) >= 11 is 5.83. The van der Waals surface area contributed by atoms with Gasteiger partial charge in [0, 0.05) is 17.8 Å². The Kier molecular flexibility index (Phi) is 5.08. The first-order valence-corrected chi connectivity index (χ1v) is 7.58. The highest BCUT2D eigenvalue weighted by atomic mass is 35.5. The van der Waals surface area contributed by atoms with Gasteiger partial charge in [0.25, 0.3) is 0 Å². The minimum absolute atomic E-state index is 0.0589. The van der Waals surface area contributed by atoms with Crippen LogP contribution in [-0.2, 0) is 4.79 Å². The maximum Gasteiger partial charge on any atom is 0.324 e. The molecule has 1 aliphatic heterocycles. The third-order valence-corrected chi connectivity index (χ3v) is 3.91. The van der Waals surface area contributed by atoms with Gasteiger partial charge in [-0.2, -0.15) is 0 Å². The summed E-state index contributed by atoms with van der Waals surface area (Å²) in [4.78, 5) is 27.5. The SMILES string of the molecule is C=C(CCC)[C@@H]1N(C)C(=O)CN1C(=O)Nc1ccc(Cl)cc1. The normalized spacial score (nSPS) is 17.8. The molecule has 0 aromatic heterocycles. The van der Waals surface area contributed by atoms with E-state index in [0.29, 0.717) is 10.7 Å². The van der Waals surface area contributed by atoms with Crippen LogP contribution in [0.25, 0.3) is 0 Å². The number of carbonyl (C=O) groups is 2. The van der Waals surface area contributed by atoms with Gasteiger partial charge in [0.15, 0.2) is 0 Å². The van der Waals surface area contributed by atoms with Gasteiger partial charge < -0.3 is 10.2 Å². The number of nitrogens with one attached hydrogen (secondary N) is 1. The van der Waals surface area contributed by atoms with Gasteiger partial charge in [-0.1, -0.05) is 31.5 Å². The van der Waals surface area contributed by atoms with Crippen molar-refractivity contribution in [3.05, 3.63) is 41.4 Å². The monoisotopic (exact) mass is 321 g/mol. The van der Waals surface area contributed by atoms with Crippen LogP contribution in [0.2, 0.25) is 5.02 Å². The summed E-state index contributed by atoms with van der Waals surface area (Å²) in [6.07, 6.45) is 1.30. The van der Waals surface area contributed by atoms with Crippen molar-refractivity contribution in [3.63, 3.8) is 0 Å². The summed E-state index contributed by atoms with van der Waals surface area (Å²) in [5.41, 5.74) is 1.50. The molecule has 118 valence electrons. The molecule has 0 radical (unpaired) electrons. The molecule has 0 spiro atoms. The number of urea groups is 1. The predicted molar refractivity (Wildman–Crippen MR) is 87.8 cm³/mol. The molecule has 0 unspecified atom stereocenters. The summed E-state index contributed by atoms with van der Waals surface area (Å²) in [5.74, 6) is -0.0893. The van der Waals surface area contributed by atoms with Crippen molar-refractivity contribution in [1.82, 2.24) is 9.80 Å². The van der Waals surface area contributed by atoms with Crippen molar-refractivity contribution in [3.8, 4) is 0 Å². The molecule has 1 aromatic rings. The molecular weight excluding hydrogens is 302 g/mol. The average Bonchev–Trinajstić information content (AvgIpc) is 2.78. The van der Waals surface area contributed by atoms with E-state index in [0.717, 1.165) is 18.4 Å². The van der Waals surface area contributed by atoms with E-state index < -0.39 is 0 Å². The Balaban J connectivity index is 2.14. The summed E-state index contributed by atoms with van der Waals surface area (Å²) in [6, 6.07) is 6.52. The number of benzene rings is 1. The molecular formula is C16H20ClN3O2. The van der Waals surface area contributed by atoms with E-state index in [4.69, 9.17) is 11.6 Å². The number of carbonyl (C=O) groups excluding carboxylic acids is 2. The molecule has 3 amide bonds. The van der Waals surface area contributed by atoms with Crippen molar-refractivity contribution in [2.24, 2.45) is 0 Å². The quantitative estimate of drug-likeness (QED) is 0.865. The number of hydrogen-bond acceptors (Lipinski definition) is 2. The zero-order chi connectivity index (χ0) is 16.3. The lowest BCUT2D eigenvalue weighted by molar-refractivity contribution is -0.126. The van der Waals surface area contributed by atoms with Gasteiger partial charge in [-0.3, -0.25) is 9.69 Å². The average molecular weight is 322 g/mol. The first-order valence-electron chi connectivity index (χ1n) is 7.20. The minimum Gasteiger partial charge on any atom is -0.320 e. The molecule has 0 bridgehead atoms. The zero-order valence-corrected chi connectivity index (χ0v) is 13.6. The molecule has 1 aliphatic rings. The van der Waals surface area contributed by atoms with E-state index in [1.807, 2.05) is 6.92 Å². The van der Waals surface area contributed by atoms with E-state index >= 15 is 0 Å². The fourth-order valence-electron chi connectivity index (χ4n) is 2.55. The zero-order valence-electron chi connectivity index (χ0n) is 12.8. The van der Waals surface area contributed by atoms with E-state index in [-0.39, 0.29) is 24.6 Å². The Morgan fingerprint density at radius 3 is 2.64 bits per heavy atom. The number of halogens is 1. The highest BCUT2D eigenvalue weighted by Crippen LogP contribution is 2.24.